The van der Waals surface area contributed by atoms with Crippen LogP contribution in [0.25, 0.3) is 11.1 Å². The Balaban J connectivity index is 1.62. The number of aromatic hydroxyl groups is 1. The molecule has 1 aliphatic heterocycles. The third kappa shape index (κ3) is 6.00. The van der Waals surface area contributed by atoms with Gasteiger partial charge in [0.15, 0.2) is 11.6 Å². The minimum Gasteiger partial charge on any atom is -0.508 e. The second kappa shape index (κ2) is 12.5. The minimum absolute atomic E-state index is 0.0237. The fourth-order valence-electron chi connectivity index (χ4n) is 5.53. The maximum atomic E-state index is 15.6. The van der Waals surface area contributed by atoms with E-state index in [4.69, 9.17) is 9.47 Å². The lowest BCUT2D eigenvalue weighted by molar-refractivity contribution is -0.138. The highest BCUT2D eigenvalue weighted by atomic mass is 32.2. The van der Waals surface area contributed by atoms with Gasteiger partial charge in [0.05, 0.1) is 36.4 Å². The van der Waals surface area contributed by atoms with E-state index in [1.54, 1.807) is 19.1 Å². The second-order valence-corrected chi connectivity index (χ2v) is 11.4. The molecule has 1 unspecified atom stereocenters. The highest BCUT2D eigenvalue weighted by molar-refractivity contribution is 7.99. The molecule has 0 saturated heterocycles. The van der Waals surface area contributed by atoms with Gasteiger partial charge in [0.25, 0.3) is 5.56 Å². The third-order valence-corrected chi connectivity index (χ3v) is 8.91. The highest BCUT2D eigenvalue weighted by Crippen LogP contribution is 2.42. The molecule has 0 amide bonds. The van der Waals surface area contributed by atoms with Crippen molar-refractivity contribution in [2.75, 3.05) is 26.5 Å². The summed E-state index contributed by atoms with van der Waals surface area (Å²) in [4.78, 5) is 14.1. The van der Waals surface area contributed by atoms with E-state index in [0.29, 0.717) is 28.6 Å². The van der Waals surface area contributed by atoms with Gasteiger partial charge >= 0.3 is 6.18 Å². The predicted octanol–water partition coefficient (Wildman–Crippen LogP) is 6.87. The molecule has 2 N–H and O–H groups in total. The van der Waals surface area contributed by atoms with E-state index in [0.717, 1.165) is 23.8 Å². The quantitative estimate of drug-likeness (QED) is 0.196. The summed E-state index contributed by atoms with van der Waals surface area (Å²) >= 11 is 1.28. The molecule has 0 spiro atoms. The zero-order chi connectivity index (χ0) is 31.8. The van der Waals surface area contributed by atoms with Crippen molar-refractivity contribution in [2.45, 2.75) is 37.1 Å². The van der Waals surface area contributed by atoms with Crippen molar-refractivity contribution in [3.05, 3.63) is 104 Å². The van der Waals surface area contributed by atoms with Crippen LogP contribution in [0, 0.1) is 18.6 Å². The van der Waals surface area contributed by atoms with Crippen molar-refractivity contribution in [2.24, 2.45) is 0 Å². The van der Waals surface area contributed by atoms with Gasteiger partial charge in [-0.05, 0) is 53.9 Å². The van der Waals surface area contributed by atoms with E-state index in [1.165, 1.54) is 54.8 Å². The Kier molecular flexibility index (Phi) is 8.94. The van der Waals surface area contributed by atoms with Crippen molar-refractivity contribution in [3.63, 3.8) is 0 Å². The number of nitrogens with one attached hydrogen (secondary N) is 1. The molecule has 12 heteroatoms. The maximum absolute atomic E-state index is 15.6. The molecule has 5 rings (SSSR count). The van der Waals surface area contributed by atoms with Gasteiger partial charge in [0.1, 0.15) is 17.3 Å². The van der Waals surface area contributed by atoms with Gasteiger partial charge in [0.2, 0.25) is 0 Å². The van der Waals surface area contributed by atoms with Crippen LogP contribution in [0.5, 0.6) is 17.2 Å². The molecule has 0 radical (unpaired) electrons. The molecule has 44 heavy (non-hydrogen) atoms. The van der Waals surface area contributed by atoms with Crippen LogP contribution >= 0.6 is 11.8 Å². The van der Waals surface area contributed by atoms with E-state index >= 15 is 8.78 Å². The van der Waals surface area contributed by atoms with Gasteiger partial charge in [-0.2, -0.15) is 13.2 Å². The van der Waals surface area contributed by atoms with Crippen LogP contribution in [-0.2, 0) is 19.1 Å². The average molecular weight is 633 g/mol. The van der Waals surface area contributed by atoms with E-state index in [1.807, 2.05) is 0 Å². The maximum Gasteiger partial charge on any atom is 0.416 e. The number of rotatable bonds is 9. The van der Waals surface area contributed by atoms with Gasteiger partial charge in [-0.1, -0.05) is 18.2 Å². The number of methoxy groups -OCH3 is 2. The van der Waals surface area contributed by atoms with Crippen LogP contribution < -0.4 is 20.3 Å². The van der Waals surface area contributed by atoms with Crippen molar-refractivity contribution < 1.29 is 36.5 Å². The van der Waals surface area contributed by atoms with Crippen LogP contribution in [-0.4, -0.2) is 36.2 Å². The summed E-state index contributed by atoms with van der Waals surface area (Å²) in [6, 6.07) is 11.4. The lowest BCUT2D eigenvalue weighted by atomic mass is 9.92. The number of fused-ring (bicyclic) bond motifs is 1. The topological polar surface area (TPSA) is 72.7 Å². The van der Waals surface area contributed by atoms with E-state index in [9.17, 15) is 23.1 Å². The smallest absolute Gasteiger partial charge is 0.416 e. The Morgan fingerprint density at radius 3 is 2.50 bits per heavy atom. The highest BCUT2D eigenvalue weighted by Gasteiger charge is 2.36. The van der Waals surface area contributed by atoms with Gasteiger partial charge in [-0.25, -0.2) is 8.78 Å². The number of ether oxygens (including phenoxy) is 2. The molecule has 0 saturated carbocycles. The second-order valence-electron chi connectivity index (χ2n) is 10.4. The van der Waals surface area contributed by atoms with E-state index in [2.05, 4.69) is 5.32 Å². The summed E-state index contributed by atoms with van der Waals surface area (Å²) in [5.41, 5.74) is -0.990. The first-order valence-electron chi connectivity index (χ1n) is 13.6. The number of phenolic OH excluding ortho intramolecular Hbond substituents is 1. The standard InChI is InChI=1S/C32H29F5N2O4S/c1-17-23(13-24-25(32(35,36)37)7-5-8-26(24)33)31-39(30(41)28(17)22-6-4-9-27(43-3)29(22)34)19(16-44-31)15-38-14-18-10-20(40)12-21(11-18)42-2/h4-12,19,38,40H,13-16H2,1-3H3. The Morgan fingerprint density at radius 1 is 1.05 bits per heavy atom. The monoisotopic (exact) mass is 632 g/mol. The number of phenols is 1. The molecule has 1 aliphatic rings. The number of halogens is 5. The number of thioether (sulfide) groups is 1. The molecular weight excluding hydrogens is 603 g/mol. The van der Waals surface area contributed by atoms with Crippen molar-refractivity contribution in [1.82, 2.24) is 9.88 Å². The Bertz CT molecular complexity index is 1770. The number of pyridine rings is 1. The summed E-state index contributed by atoms with van der Waals surface area (Å²) < 4.78 is 84.2. The van der Waals surface area contributed by atoms with Gasteiger partial charge in [-0.3, -0.25) is 9.36 Å². The Morgan fingerprint density at radius 2 is 1.80 bits per heavy atom. The average Bonchev–Trinajstić information content (AvgIpc) is 3.40. The zero-order valence-corrected chi connectivity index (χ0v) is 24.8. The molecule has 232 valence electrons. The molecule has 3 aromatic carbocycles. The Labute approximate surface area is 254 Å². The first kappa shape index (κ1) is 31.4. The molecule has 2 heterocycles. The molecule has 0 aliphatic carbocycles. The molecule has 4 aromatic rings. The molecule has 6 nitrogen and oxygen atoms in total. The van der Waals surface area contributed by atoms with Crippen LogP contribution in [0.1, 0.15) is 33.9 Å². The number of aromatic nitrogens is 1. The molecule has 1 atom stereocenters. The largest absolute Gasteiger partial charge is 0.508 e. The van der Waals surface area contributed by atoms with Crippen molar-refractivity contribution >= 4 is 11.8 Å². The van der Waals surface area contributed by atoms with E-state index < -0.39 is 47.0 Å². The Hall–Kier alpha value is -4.03. The first-order valence-corrected chi connectivity index (χ1v) is 14.6. The summed E-state index contributed by atoms with van der Waals surface area (Å²) in [7, 11) is 2.76. The SMILES string of the molecule is COc1cc(O)cc(CNCC2CSc3c(Cc4c(F)cccc4C(F)(F)F)c(C)c(-c4cccc(OC)c4F)c(=O)n32)c1. The summed E-state index contributed by atoms with van der Waals surface area (Å²) in [6.45, 7) is 2.13. The van der Waals surface area contributed by atoms with Crippen LogP contribution in [0.4, 0.5) is 22.0 Å². The third-order valence-electron chi connectivity index (χ3n) is 7.64. The number of alkyl halides is 3. The van der Waals surface area contributed by atoms with Crippen LogP contribution in [0.15, 0.2) is 64.4 Å². The number of nitrogens with zero attached hydrogens (tertiary/aromatic N) is 1. The van der Waals surface area contributed by atoms with Crippen LogP contribution in [0.3, 0.4) is 0 Å². The number of hydrogen-bond acceptors (Lipinski definition) is 6. The zero-order valence-electron chi connectivity index (χ0n) is 24.0. The van der Waals surface area contributed by atoms with Crippen molar-refractivity contribution in [3.8, 4) is 28.4 Å². The fourth-order valence-corrected chi connectivity index (χ4v) is 6.92. The lowest BCUT2D eigenvalue weighted by Crippen LogP contribution is -2.33. The molecular formula is C32H29F5N2O4S. The van der Waals surface area contributed by atoms with Crippen LogP contribution in [0.2, 0.25) is 0 Å². The normalized spacial score (nSPS) is 14.5. The van der Waals surface area contributed by atoms with Gasteiger partial charge < -0.3 is 19.9 Å². The fraction of sp³-hybridized carbons (Fsp3) is 0.281. The number of benzene rings is 3. The van der Waals surface area contributed by atoms with Gasteiger partial charge in [0, 0.05) is 42.5 Å². The summed E-state index contributed by atoms with van der Waals surface area (Å²) in [5.74, 6) is -1.03. The van der Waals surface area contributed by atoms with Gasteiger partial charge in [-0.15, -0.1) is 11.8 Å². The van der Waals surface area contributed by atoms with E-state index in [-0.39, 0.29) is 34.7 Å². The summed E-state index contributed by atoms with van der Waals surface area (Å²) in [5, 5.41) is 13.6. The predicted molar refractivity (Wildman–Crippen MR) is 158 cm³/mol. The molecule has 0 bridgehead atoms. The number of hydrogen-bond donors (Lipinski definition) is 2. The minimum atomic E-state index is -4.81. The first-order chi connectivity index (χ1) is 20.9. The van der Waals surface area contributed by atoms with Crippen molar-refractivity contribution in [1.29, 1.82) is 0 Å². The lowest BCUT2D eigenvalue weighted by Gasteiger charge is -2.22. The molecule has 1 aromatic heterocycles. The summed E-state index contributed by atoms with van der Waals surface area (Å²) in [6.07, 6.45) is -5.27. The molecule has 0 fully saturated rings.